The van der Waals surface area contributed by atoms with Crippen LogP contribution in [0.4, 0.5) is 0 Å². The Balaban J connectivity index is 1.93. The quantitative estimate of drug-likeness (QED) is 0.755. The van der Waals surface area contributed by atoms with Gasteiger partial charge in [-0.25, -0.2) is 0 Å². The van der Waals surface area contributed by atoms with E-state index < -0.39 is 0 Å². The number of ether oxygens (including phenoxy) is 1. The highest BCUT2D eigenvalue weighted by molar-refractivity contribution is 6.02. The van der Waals surface area contributed by atoms with Gasteiger partial charge in [0.15, 0.2) is 5.78 Å². The molecule has 0 spiro atoms. The number of nitrogens with one attached hydrogen (secondary N) is 2. The van der Waals surface area contributed by atoms with Crippen LogP contribution in [0.1, 0.15) is 58.4 Å². The summed E-state index contributed by atoms with van der Waals surface area (Å²) < 4.78 is 5.61. The zero-order chi connectivity index (χ0) is 18.6. The number of aromatic amines is 1. The van der Waals surface area contributed by atoms with Crippen LogP contribution >= 0.6 is 0 Å². The summed E-state index contributed by atoms with van der Waals surface area (Å²) in [6.45, 7) is 9.62. The Morgan fingerprint density at radius 3 is 2.32 bits per heavy atom. The molecule has 0 fully saturated rings. The number of amides is 1. The highest BCUT2D eigenvalue weighted by atomic mass is 16.5. The lowest BCUT2D eigenvalue weighted by molar-refractivity contribution is 0.0948. The molecule has 5 heteroatoms. The number of hydrogen-bond donors (Lipinski definition) is 2. The minimum absolute atomic E-state index is 0.0333. The number of carbonyl (C=O) groups excluding carboxylic acids is 2. The van der Waals surface area contributed by atoms with Gasteiger partial charge in [-0.15, -0.1) is 0 Å². The van der Waals surface area contributed by atoms with Gasteiger partial charge in [0, 0.05) is 17.8 Å². The van der Waals surface area contributed by atoms with Crippen LogP contribution in [0.15, 0.2) is 24.3 Å². The summed E-state index contributed by atoms with van der Waals surface area (Å²) in [6, 6.07) is 7.88. The molecule has 1 aromatic heterocycles. The fourth-order valence-corrected chi connectivity index (χ4v) is 2.92. The molecule has 2 aromatic rings. The van der Waals surface area contributed by atoms with Crippen molar-refractivity contribution in [1.82, 2.24) is 10.3 Å². The molecule has 134 valence electrons. The first-order chi connectivity index (χ1) is 11.8. The average Bonchev–Trinajstić information content (AvgIpc) is 2.83. The number of hydrogen-bond acceptors (Lipinski definition) is 3. The van der Waals surface area contributed by atoms with E-state index in [1.807, 2.05) is 38.1 Å². The van der Waals surface area contributed by atoms with Crippen LogP contribution < -0.4 is 10.1 Å². The molecule has 2 rings (SSSR count). The Morgan fingerprint density at radius 2 is 1.80 bits per heavy atom. The number of Topliss-reactive ketones (excluding diaryl/α,β-unsaturated/α-hetero) is 1. The molecule has 0 bridgehead atoms. The SMILES string of the molecule is CC(=O)c1c(C)[nH]c(C(=O)NCCc2ccc(OC(C)C)cc2)c1C. The fourth-order valence-electron chi connectivity index (χ4n) is 2.92. The van der Waals surface area contributed by atoms with Gasteiger partial charge in [0.05, 0.1) is 6.10 Å². The Morgan fingerprint density at radius 1 is 1.16 bits per heavy atom. The zero-order valence-electron chi connectivity index (χ0n) is 15.5. The summed E-state index contributed by atoms with van der Waals surface area (Å²) in [5.41, 5.74) is 3.63. The standard InChI is InChI=1S/C20H26N2O3/c1-12(2)25-17-8-6-16(7-9-17)10-11-21-20(24)19-13(3)18(15(5)23)14(4)22-19/h6-9,12,22H,10-11H2,1-5H3,(H,21,24). The third kappa shape index (κ3) is 4.72. The molecule has 1 aromatic carbocycles. The first-order valence-electron chi connectivity index (χ1n) is 8.53. The maximum absolute atomic E-state index is 12.3. The van der Waals surface area contributed by atoms with Gasteiger partial charge in [-0.3, -0.25) is 9.59 Å². The minimum Gasteiger partial charge on any atom is -0.491 e. The van der Waals surface area contributed by atoms with E-state index >= 15 is 0 Å². The third-order valence-electron chi connectivity index (χ3n) is 4.01. The molecule has 1 heterocycles. The second-order valence-corrected chi connectivity index (χ2v) is 6.50. The Kier molecular flexibility index (Phi) is 6.02. The molecule has 0 saturated carbocycles. The molecule has 25 heavy (non-hydrogen) atoms. The summed E-state index contributed by atoms with van der Waals surface area (Å²) in [6.07, 6.45) is 0.879. The molecule has 1 amide bonds. The van der Waals surface area contributed by atoms with Crippen molar-refractivity contribution in [2.75, 3.05) is 6.54 Å². The van der Waals surface area contributed by atoms with Crippen molar-refractivity contribution in [1.29, 1.82) is 0 Å². The summed E-state index contributed by atoms with van der Waals surface area (Å²) in [5, 5.41) is 2.90. The number of H-pyrrole nitrogens is 1. The lowest BCUT2D eigenvalue weighted by atomic mass is 10.1. The number of ketones is 1. The van der Waals surface area contributed by atoms with Crippen molar-refractivity contribution in [3.8, 4) is 5.75 Å². The number of aryl methyl sites for hydroxylation is 1. The molecule has 0 unspecified atom stereocenters. The number of rotatable bonds is 7. The average molecular weight is 342 g/mol. The molecule has 0 aliphatic rings. The van der Waals surface area contributed by atoms with Gasteiger partial charge >= 0.3 is 0 Å². The van der Waals surface area contributed by atoms with E-state index in [0.717, 1.165) is 23.4 Å². The molecule has 0 aliphatic heterocycles. The van der Waals surface area contributed by atoms with Crippen LogP contribution in [0.2, 0.25) is 0 Å². The van der Waals surface area contributed by atoms with Crippen molar-refractivity contribution in [3.63, 3.8) is 0 Å². The predicted octanol–water partition coefficient (Wildman–Crippen LogP) is 3.59. The smallest absolute Gasteiger partial charge is 0.268 e. The van der Waals surface area contributed by atoms with E-state index in [-0.39, 0.29) is 17.8 Å². The Bertz CT molecular complexity index is 758. The third-order valence-corrected chi connectivity index (χ3v) is 4.01. The van der Waals surface area contributed by atoms with Crippen LogP contribution in [0.5, 0.6) is 5.75 Å². The number of aromatic nitrogens is 1. The first kappa shape index (κ1) is 18.8. The van der Waals surface area contributed by atoms with E-state index in [4.69, 9.17) is 4.74 Å². The monoisotopic (exact) mass is 342 g/mol. The van der Waals surface area contributed by atoms with Gasteiger partial charge in [0.25, 0.3) is 5.91 Å². The molecule has 0 saturated heterocycles. The summed E-state index contributed by atoms with van der Waals surface area (Å²) in [4.78, 5) is 27.0. The lowest BCUT2D eigenvalue weighted by Gasteiger charge is -2.10. The van der Waals surface area contributed by atoms with Crippen molar-refractivity contribution < 1.29 is 14.3 Å². The van der Waals surface area contributed by atoms with Crippen LogP contribution in [-0.2, 0) is 6.42 Å². The summed E-state index contributed by atoms with van der Waals surface area (Å²) in [5.74, 6) is 0.624. The van der Waals surface area contributed by atoms with Gasteiger partial charge in [0.2, 0.25) is 0 Å². The van der Waals surface area contributed by atoms with Gasteiger partial charge in [-0.05, 0) is 64.3 Å². The lowest BCUT2D eigenvalue weighted by Crippen LogP contribution is -2.26. The highest BCUT2D eigenvalue weighted by Gasteiger charge is 2.19. The van der Waals surface area contributed by atoms with Crippen LogP contribution in [0, 0.1) is 13.8 Å². The van der Waals surface area contributed by atoms with E-state index in [9.17, 15) is 9.59 Å². The van der Waals surface area contributed by atoms with Crippen LogP contribution in [0.3, 0.4) is 0 Å². The van der Waals surface area contributed by atoms with E-state index in [2.05, 4.69) is 10.3 Å². The Labute approximate surface area is 148 Å². The van der Waals surface area contributed by atoms with Crippen molar-refractivity contribution >= 4 is 11.7 Å². The van der Waals surface area contributed by atoms with Gasteiger partial charge < -0.3 is 15.0 Å². The predicted molar refractivity (Wildman–Crippen MR) is 98.5 cm³/mol. The molecular weight excluding hydrogens is 316 g/mol. The van der Waals surface area contributed by atoms with E-state index in [1.54, 1.807) is 13.8 Å². The van der Waals surface area contributed by atoms with E-state index in [0.29, 0.717) is 23.4 Å². The molecule has 0 radical (unpaired) electrons. The summed E-state index contributed by atoms with van der Waals surface area (Å²) in [7, 11) is 0. The Hall–Kier alpha value is -2.56. The minimum atomic E-state index is -0.187. The maximum atomic E-state index is 12.3. The largest absolute Gasteiger partial charge is 0.491 e. The normalized spacial score (nSPS) is 10.8. The first-order valence-corrected chi connectivity index (χ1v) is 8.53. The second-order valence-electron chi connectivity index (χ2n) is 6.50. The van der Waals surface area contributed by atoms with Gasteiger partial charge in [-0.2, -0.15) is 0 Å². The van der Waals surface area contributed by atoms with Crippen molar-refractivity contribution in [2.45, 2.75) is 47.1 Å². The zero-order valence-corrected chi connectivity index (χ0v) is 15.5. The molecule has 0 aliphatic carbocycles. The summed E-state index contributed by atoms with van der Waals surface area (Å²) >= 11 is 0. The topological polar surface area (TPSA) is 71.2 Å². The van der Waals surface area contributed by atoms with Crippen molar-refractivity contribution in [2.24, 2.45) is 0 Å². The van der Waals surface area contributed by atoms with Gasteiger partial charge in [0.1, 0.15) is 11.4 Å². The molecular formula is C20H26N2O3. The number of carbonyl (C=O) groups is 2. The maximum Gasteiger partial charge on any atom is 0.268 e. The van der Waals surface area contributed by atoms with Gasteiger partial charge in [-0.1, -0.05) is 12.1 Å². The molecule has 2 N–H and O–H groups in total. The van der Waals surface area contributed by atoms with Crippen LogP contribution in [-0.4, -0.2) is 29.3 Å². The second kappa shape index (κ2) is 8.01. The highest BCUT2D eigenvalue weighted by Crippen LogP contribution is 2.18. The fraction of sp³-hybridized carbons (Fsp3) is 0.400. The number of benzene rings is 1. The molecule has 0 atom stereocenters. The van der Waals surface area contributed by atoms with Crippen molar-refractivity contribution in [3.05, 3.63) is 52.3 Å². The van der Waals surface area contributed by atoms with E-state index in [1.165, 1.54) is 6.92 Å². The van der Waals surface area contributed by atoms with Crippen LogP contribution in [0.25, 0.3) is 0 Å². The molecule has 5 nitrogen and oxygen atoms in total.